The van der Waals surface area contributed by atoms with Crippen molar-refractivity contribution in [3.63, 3.8) is 0 Å². The van der Waals surface area contributed by atoms with Gasteiger partial charge in [0.1, 0.15) is 5.75 Å². The molecule has 0 heterocycles. The smallest absolute Gasteiger partial charge is 0.308 e. The van der Waals surface area contributed by atoms with Crippen molar-refractivity contribution >= 4 is 11.9 Å². The van der Waals surface area contributed by atoms with Gasteiger partial charge in [-0.3, -0.25) is 9.59 Å². The topological polar surface area (TPSA) is 75.6 Å². The number of benzene rings is 1. The Morgan fingerprint density at radius 3 is 2.46 bits per heavy atom. The van der Waals surface area contributed by atoms with Crippen molar-refractivity contribution < 1.29 is 19.4 Å². The van der Waals surface area contributed by atoms with Gasteiger partial charge in [-0.15, -0.1) is 0 Å². The molecule has 0 bridgehead atoms. The predicted molar refractivity (Wildman–Crippen MR) is 94.1 cm³/mol. The Labute approximate surface area is 144 Å². The summed E-state index contributed by atoms with van der Waals surface area (Å²) in [4.78, 5) is 23.9. The molecule has 0 saturated heterocycles. The maximum atomic E-state index is 12.3. The highest BCUT2D eigenvalue weighted by Crippen LogP contribution is 2.21. The maximum absolute atomic E-state index is 12.3. The fourth-order valence-corrected chi connectivity index (χ4v) is 2.82. The molecule has 2 unspecified atom stereocenters. The number of methoxy groups -OCH3 is 1. The SMILES string of the molecule is CCCC(C(=O)NCC(Cc1ccccc1OC)C(=O)O)C(C)C. The van der Waals surface area contributed by atoms with E-state index in [0.29, 0.717) is 12.2 Å². The van der Waals surface area contributed by atoms with E-state index in [2.05, 4.69) is 5.32 Å². The molecule has 24 heavy (non-hydrogen) atoms. The van der Waals surface area contributed by atoms with E-state index in [1.165, 1.54) is 0 Å². The fraction of sp³-hybridized carbons (Fsp3) is 0.579. The lowest BCUT2D eigenvalue weighted by Crippen LogP contribution is -2.39. The quantitative estimate of drug-likeness (QED) is 0.689. The van der Waals surface area contributed by atoms with Crippen molar-refractivity contribution in [1.82, 2.24) is 5.32 Å². The third-order valence-corrected chi connectivity index (χ3v) is 4.27. The van der Waals surface area contributed by atoms with E-state index in [9.17, 15) is 14.7 Å². The van der Waals surface area contributed by atoms with Crippen LogP contribution in [0.2, 0.25) is 0 Å². The predicted octanol–water partition coefficient (Wildman–Crippen LogP) is 3.13. The van der Waals surface area contributed by atoms with Crippen LogP contribution in [0.4, 0.5) is 0 Å². The Hall–Kier alpha value is -2.04. The normalized spacial score (nSPS) is 13.4. The van der Waals surface area contributed by atoms with E-state index >= 15 is 0 Å². The van der Waals surface area contributed by atoms with Crippen molar-refractivity contribution in [3.05, 3.63) is 29.8 Å². The number of carbonyl (C=O) groups is 2. The molecule has 0 aromatic heterocycles. The molecular weight excluding hydrogens is 306 g/mol. The van der Waals surface area contributed by atoms with Gasteiger partial charge in [-0.1, -0.05) is 45.4 Å². The van der Waals surface area contributed by atoms with Gasteiger partial charge in [0.05, 0.1) is 13.0 Å². The first-order valence-electron chi connectivity index (χ1n) is 8.53. The highest BCUT2D eigenvalue weighted by molar-refractivity contribution is 5.80. The van der Waals surface area contributed by atoms with E-state index in [0.717, 1.165) is 18.4 Å². The summed E-state index contributed by atoms with van der Waals surface area (Å²) in [6.45, 7) is 6.20. The van der Waals surface area contributed by atoms with Crippen LogP contribution in [0.25, 0.3) is 0 Å². The number of amides is 1. The van der Waals surface area contributed by atoms with Gasteiger partial charge >= 0.3 is 5.97 Å². The summed E-state index contributed by atoms with van der Waals surface area (Å²) in [6.07, 6.45) is 2.06. The Morgan fingerprint density at radius 2 is 1.92 bits per heavy atom. The summed E-state index contributed by atoms with van der Waals surface area (Å²) in [6, 6.07) is 7.36. The van der Waals surface area contributed by atoms with E-state index in [1.54, 1.807) is 7.11 Å². The van der Waals surface area contributed by atoms with Crippen LogP contribution in [0.15, 0.2) is 24.3 Å². The molecule has 0 aliphatic rings. The molecule has 1 aromatic rings. The number of rotatable bonds is 10. The van der Waals surface area contributed by atoms with E-state index in [1.807, 2.05) is 45.0 Å². The van der Waals surface area contributed by atoms with Crippen LogP contribution in [0.1, 0.15) is 39.2 Å². The lowest BCUT2D eigenvalue weighted by atomic mass is 9.90. The zero-order valence-corrected chi connectivity index (χ0v) is 15.0. The highest BCUT2D eigenvalue weighted by atomic mass is 16.5. The average molecular weight is 335 g/mol. The number of carboxylic acid groups (broad SMARTS) is 1. The van der Waals surface area contributed by atoms with Crippen molar-refractivity contribution in [2.24, 2.45) is 17.8 Å². The summed E-state index contributed by atoms with van der Waals surface area (Å²) in [5.74, 6) is -0.824. The van der Waals surface area contributed by atoms with Crippen LogP contribution in [0, 0.1) is 17.8 Å². The Morgan fingerprint density at radius 1 is 1.25 bits per heavy atom. The molecule has 0 fully saturated rings. The van der Waals surface area contributed by atoms with Crippen LogP contribution in [-0.2, 0) is 16.0 Å². The van der Waals surface area contributed by atoms with Gasteiger partial charge in [0.25, 0.3) is 0 Å². The van der Waals surface area contributed by atoms with Crippen LogP contribution in [0.3, 0.4) is 0 Å². The number of carbonyl (C=O) groups excluding carboxylic acids is 1. The summed E-state index contributed by atoms with van der Waals surface area (Å²) in [7, 11) is 1.56. The molecular formula is C19H29NO4. The van der Waals surface area contributed by atoms with Gasteiger partial charge < -0.3 is 15.2 Å². The first-order valence-corrected chi connectivity index (χ1v) is 8.53. The molecule has 2 N–H and O–H groups in total. The highest BCUT2D eigenvalue weighted by Gasteiger charge is 2.25. The first-order chi connectivity index (χ1) is 11.4. The van der Waals surface area contributed by atoms with Gasteiger partial charge in [-0.05, 0) is 30.4 Å². The van der Waals surface area contributed by atoms with Crippen molar-refractivity contribution in [1.29, 1.82) is 0 Å². The van der Waals surface area contributed by atoms with Crippen molar-refractivity contribution in [3.8, 4) is 5.75 Å². The van der Waals surface area contributed by atoms with Crippen LogP contribution in [0.5, 0.6) is 5.75 Å². The molecule has 1 rings (SSSR count). The summed E-state index contributed by atoms with van der Waals surface area (Å²) in [5.41, 5.74) is 0.829. The third kappa shape index (κ3) is 5.87. The molecule has 0 aliphatic heterocycles. The lowest BCUT2D eigenvalue weighted by molar-refractivity contribution is -0.141. The Bertz CT molecular complexity index is 542. The summed E-state index contributed by atoms with van der Waals surface area (Å²) >= 11 is 0. The molecule has 5 heteroatoms. The minimum absolute atomic E-state index is 0.0573. The monoisotopic (exact) mass is 335 g/mol. The first kappa shape index (κ1) is 20.0. The van der Waals surface area contributed by atoms with Crippen LogP contribution >= 0.6 is 0 Å². The van der Waals surface area contributed by atoms with Gasteiger partial charge in [-0.2, -0.15) is 0 Å². The fourth-order valence-electron chi connectivity index (χ4n) is 2.82. The van der Waals surface area contributed by atoms with Crippen LogP contribution < -0.4 is 10.1 Å². The number of ether oxygens (including phenoxy) is 1. The molecule has 0 saturated carbocycles. The van der Waals surface area contributed by atoms with E-state index in [-0.39, 0.29) is 24.3 Å². The zero-order chi connectivity index (χ0) is 18.1. The molecule has 2 atom stereocenters. The summed E-state index contributed by atoms with van der Waals surface area (Å²) < 4.78 is 5.27. The molecule has 5 nitrogen and oxygen atoms in total. The second-order valence-electron chi connectivity index (χ2n) is 6.44. The number of para-hydroxylation sites is 1. The van der Waals surface area contributed by atoms with Gasteiger partial charge in [0, 0.05) is 12.5 Å². The molecule has 0 aliphatic carbocycles. The van der Waals surface area contributed by atoms with E-state index < -0.39 is 11.9 Å². The van der Waals surface area contributed by atoms with Gasteiger partial charge in [-0.25, -0.2) is 0 Å². The largest absolute Gasteiger partial charge is 0.496 e. The molecule has 1 amide bonds. The lowest BCUT2D eigenvalue weighted by Gasteiger charge is -2.21. The van der Waals surface area contributed by atoms with E-state index in [4.69, 9.17) is 4.74 Å². The standard InChI is InChI=1S/C19H29NO4/c1-5-8-16(13(2)3)18(21)20-12-15(19(22)23)11-14-9-6-7-10-17(14)24-4/h6-7,9-10,13,15-16H,5,8,11-12H2,1-4H3,(H,20,21)(H,22,23). The van der Waals surface area contributed by atoms with Crippen LogP contribution in [-0.4, -0.2) is 30.6 Å². The molecule has 134 valence electrons. The number of hydrogen-bond acceptors (Lipinski definition) is 3. The summed E-state index contributed by atoms with van der Waals surface area (Å²) in [5, 5.41) is 12.3. The van der Waals surface area contributed by atoms with Crippen molar-refractivity contribution in [2.45, 2.75) is 40.0 Å². The zero-order valence-electron chi connectivity index (χ0n) is 15.0. The number of carboxylic acids is 1. The van der Waals surface area contributed by atoms with Gasteiger partial charge in [0.2, 0.25) is 5.91 Å². The second-order valence-corrected chi connectivity index (χ2v) is 6.44. The maximum Gasteiger partial charge on any atom is 0.308 e. The molecule has 0 radical (unpaired) electrons. The minimum Gasteiger partial charge on any atom is -0.496 e. The second kappa shape index (κ2) is 9.96. The molecule has 1 aromatic carbocycles. The Balaban J connectivity index is 2.73. The third-order valence-electron chi connectivity index (χ3n) is 4.27. The van der Waals surface area contributed by atoms with Crippen molar-refractivity contribution in [2.75, 3.05) is 13.7 Å². The number of hydrogen-bond donors (Lipinski definition) is 2. The molecule has 0 spiro atoms. The number of nitrogens with one attached hydrogen (secondary N) is 1. The minimum atomic E-state index is -0.919. The Kier molecular flexibility index (Phi) is 8.30. The van der Waals surface area contributed by atoms with Gasteiger partial charge in [0.15, 0.2) is 0 Å². The number of aliphatic carboxylic acids is 1. The average Bonchev–Trinajstić information content (AvgIpc) is 2.55.